The van der Waals surface area contributed by atoms with Gasteiger partial charge in [0.1, 0.15) is 0 Å². The SMILES string of the molecule is Cc1ccccc1NC(=O)NCC1CN(C)CC1c1cccs1. The zero-order valence-electron chi connectivity index (χ0n) is 13.6. The van der Waals surface area contributed by atoms with Crippen LogP contribution >= 0.6 is 11.3 Å². The van der Waals surface area contributed by atoms with Crippen molar-refractivity contribution < 1.29 is 4.79 Å². The van der Waals surface area contributed by atoms with E-state index in [9.17, 15) is 4.79 Å². The number of carbonyl (C=O) groups is 1. The second-order valence-corrected chi connectivity index (χ2v) is 7.23. The molecule has 1 aliphatic rings. The standard InChI is InChI=1S/C18H23N3OS/c1-13-6-3-4-7-16(13)20-18(22)19-10-14-11-21(2)12-15(14)17-8-5-9-23-17/h3-9,14-15H,10-12H2,1-2H3,(H2,19,20,22). The van der Waals surface area contributed by atoms with Crippen molar-refractivity contribution >= 4 is 23.1 Å². The fourth-order valence-electron chi connectivity index (χ4n) is 3.22. The monoisotopic (exact) mass is 329 g/mol. The summed E-state index contributed by atoms with van der Waals surface area (Å²) in [6.45, 7) is 4.78. The van der Waals surface area contributed by atoms with E-state index >= 15 is 0 Å². The van der Waals surface area contributed by atoms with Crippen molar-refractivity contribution in [2.24, 2.45) is 5.92 Å². The second-order valence-electron chi connectivity index (χ2n) is 6.25. The van der Waals surface area contributed by atoms with Crippen LogP contribution in [0.1, 0.15) is 16.4 Å². The average molecular weight is 329 g/mol. The molecule has 1 fully saturated rings. The van der Waals surface area contributed by atoms with Crippen LogP contribution in [0.5, 0.6) is 0 Å². The molecular weight excluding hydrogens is 306 g/mol. The number of nitrogens with one attached hydrogen (secondary N) is 2. The van der Waals surface area contributed by atoms with E-state index in [0.717, 1.165) is 24.3 Å². The average Bonchev–Trinajstić information content (AvgIpc) is 3.16. The molecule has 1 saturated heterocycles. The topological polar surface area (TPSA) is 44.4 Å². The Morgan fingerprint density at radius 1 is 1.26 bits per heavy atom. The summed E-state index contributed by atoms with van der Waals surface area (Å²) in [4.78, 5) is 15.9. The molecule has 122 valence electrons. The molecule has 0 saturated carbocycles. The fourth-order valence-corrected chi connectivity index (χ4v) is 4.13. The fraction of sp³-hybridized carbons (Fsp3) is 0.389. The molecule has 2 unspecified atom stereocenters. The Morgan fingerprint density at radius 3 is 2.83 bits per heavy atom. The molecule has 2 N–H and O–H groups in total. The number of rotatable bonds is 4. The van der Waals surface area contributed by atoms with Crippen molar-refractivity contribution in [3.8, 4) is 0 Å². The Hall–Kier alpha value is -1.85. The number of likely N-dealkylation sites (tertiary alicyclic amines) is 1. The van der Waals surface area contributed by atoms with Crippen LogP contribution in [0.2, 0.25) is 0 Å². The molecule has 2 heterocycles. The Kier molecular flexibility index (Phi) is 4.98. The molecule has 3 rings (SSSR count). The summed E-state index contributed by atoms with van der Waals surface area (Å²) in [5.74, 6) is 0.972. The Balaban J connectivity index is 1.57. The predicted octanol–water partition coefficient (Wildman–Crippen LogP) is 3.52. The van der Waals surface area contributed by atoms with E-state index in [4.69, 9.17) is 0 Å². The van der Waals surface area contributed by atoms with Gasteiger partial charge in [-0.05, 0) is 43.0 Å². The highest BCUT2D eigenvalue weighted by molar-refractivity contribution is 7.10. The number of anilines is 1. The van der Waals surface area contributed by atoms with Crippen molar-refractivity contribution in [2.75, 3.05) is 32.0 Å². The van der Waals surface area contributed by atoms with Gasteiger partial charge in [-0.15, -0.1) is 11.3 Å². The van der Waals surface area contributed by atoms with Gasteiger partial charge in [0.05, 0.1) is 0 Å². The lowest BCUT2D eigenvalue weighted by molar-refractivity contribution is 0.249. The highest BCUT2D eigenvalue weighted by Gasteiger charge is 2.32. The largest absolute Gasteiger partial charge is 0.338 e. The van der Waals surface area contributed by atoms with Gasteiger partial charge in [-0.1, -0.05) is 24.3 Å². The lowest BCUT2D eigenvalue weighted by atomic mass is 9.94. The summed E-state index contributed by atoms with van der Waals surface area (Å²) in [6.07, 6.45) is 0. The first-order valence-electron chi connectivity index (χ1n) is 7.96. The number of urea groups is 1. The van der Waals surface area contributed by atoms with Gasteiger partial charge in [-0.3, -0.25) is 0 Å². The molecule has 1 aliphatic heterocycles. The number of nitrogens with zero attached hydrogens (tertiary/aromatic N) is 1. The molecule has 23 heavy (non-hydrogen) atoms. The maximum absolute atomic E-state index is 12.2. The quantitative estimate of drug-likeness (QED) is 0.901. The minimum absolute atomic E-state index is 0.126. The Bertz CT molecular complexity index is 656. The highest BCUT2D eigenvalue weighted by Crippen LogP contribution is 2.34. The van der Waals surface area contributed by atoms with Gasteiger partial charge < -0.3 is 15.5 Å². The van der Waals surface area contributed by atoms with E-state index in [1.807, 2.05) is 42.5 Å². The van der Waals surface area contributed by atoms with E-state index in [2.05, 4.69) is 40.1 Å². The van der Waals surface area contributed by atoms with Gasteiger partial charge >= 0.3 is 6.03 Å². The van der Waals surface area contributed by atoms with Crippen molar-refractivity contribution in [2.45, 2.75) is 12.8 Å². The highest BCUT2D eigenvalue weighted by atomic mass is 32.1. The van der Waals surface area contributed by atoms with Gasteiger partial charge in [-0.2, -0.15) is 0 Å². The van der Waals surface area contributed by atoms with Gasteiger partial charge in [0.2, 0.25) is 0 Å². The molecule has 0 aliphatic carbocycles. The van der Waals surface area contributed by atoms with Crippen molar-refractivity contribution in [1.29, 1.82) is 0 Å². The van der Waals surface area contributed by atoms with E-state index in [1.54, 1.807) is 0 Å². The predicted molar refractivity (Wildman–Crippen MR) is 96.2 cm³/mol. The summed E-state index contributed by atoms with van der Waals surface area (Å²) in [7, 11) is 2.15. The summed E-state index contributed by atoms with van der Waals surface area (Å²) in [5.41, 5.74) is 1.93. The zero-order chi connectivity index (χ0) is 16.2. The summed E-state index contributed by atoms with van der Waals surface area (Å²) >= 11 is 1.81. The van der Waals surface area contributed by atoms with Crippen LogP contribution in [0.25, 0.3) is 0 Å². The minimum atomic E-state index is -0.126. The van der Waals surface area contributed by atoms with Crippen LogP contribution in [-0.4, -0.2) is 37.6 Å². The number of thiophene rings is 1. The van der Waals surface area contributed by atoms with Gasteiger partial charge in [0, 0.05) is 36.1 Å². The summed E-state index contributed by atoms with van der Waals surface area (Å²) in [5, 5.41) is 8.10. The van der Waals surface area contributed by atoms with Crippen molar-refractivity contribution in [3.05, 3.63) is 52.2 Å². The molecule has 4 nitrogen and oxygen atoms in total. The maximum Gasteiger partial charge on any atom is 0.319 e. The normalized spacial score (nSPS) is 21.3. The van der Waals surface area contributed by atoms with Gasteiger partial charge in [0.25, 0.3) is 0 Å². The number of aryl methyl sites for hydroxylation is 1. The summed E-state index contributed by atoms with van der Waals surface area (Å²) < 4.78 is 0. The van der Waals surface area contributed by atoms with Crippen LogP contribution in [-0.2, 0) is 0 Å². The van der Waals surface area contributed by atoms with Crippen LogP contribution in [0.3, 0.4) is 0 Å². The van der Waals surface area contributed by atoms with Gasteiger partial charge in [-0.25, -0.2) is 4.79 Å². The van der Waals surface area contributed by atoms with E-state index < -0.39 is 0 Å². The maximum atomic E-state index is 12.2. The third kappa shape index (κ3) is 3.92. The van der Waals surface area contributed by atoms with E-state index in [0.29, 0.717) is 18.4 Å². The third-order valence-electron chi connectivity index (χ3n) is 4.45. The molecule has 0 radical (unpaired) electrons. The van der Waals surface area contributed by atoms with Crippen LogP contribution in [0.4, 0.5) is 10.5 Å². The van der Waals surface area contributed by atoms with Crippen LogP contribution in [0.15, 0.2) is 41.8 Å². The first-order valence-corrected chi connectivity index (χ1v) is 8.84. The number of hydrogen-bond acceptors (Lipinski definition) is 3. The van der Waals surface area contributed by atoms with E-state index in [1.165, 1.54) is 4.88 Å². The molecule has 2 atom stereocenters. The Labute approximate surface area is 141 Å². The molecule has 2 amide bonds. The number of benzene rings is 1. The molecule has 0 bridgehead atoms. The lowest BCUT2D eigenvalue weighted by Crippen LogP contribution is -2.35. The number of carbonyl (C=O) groups excluding carboxylic acids is 1. The third-order valence-corrected chi connectivity index (χ3v) is 5.45. The second kappa shape index (κ2) is 7.15. The number of para-hydroxylation sites is 1. The van der Waals surface area contributed by atoms with Crippen LogP contribution < -0.4 is 10.6 Å². The lowest BCUT2D eigenvalue weighted by Gasteiger charge is -2.18. The number of hydrogen-bond donors (Lipinski definition) is 2. The Morgan fingerprint density at radius 2 is 2.09 bits per heavy atom. The molecule has 5 heteroatoms. The number of amides is 2. The van der Waals surface area contributed by atoms with Crippen molar-refractivity contribution in [1.82, 2.24) is 10.2 Å². The van der Waals surface area contributed by atoms with Gasteiger partial charge in [0.15, 0.2) is 0 Å². The van der Waals surface area contributed by atoms with Crippen molar-refractivity contribution in [3.63, 3.8) is 0 Å². The zero-order valence-corrected chi connectivity index (χ0v) is 14.4. The van der Waals surface area contributed by atoms with Crippen LogP contribution in [0, 0.1) is 12.8 Å². The molecule has 1 aromatic carbocycles. The smallest absolute Gasteiger partial charge is 0.319 e. The minimum Gasteiger partial charge on any atom is -0.338 e. The first-order chi connectivity index (χ1) is 11.1. The summed E-state index contributed by atoms with van der Waals surface area (Å²) in [6, 6.07) is 12.0. The molecular formula is C18H23N3OS. The molecule has 0 spiro atoms. The van der Waals surface area contributed by atoms with E-state index in [-0.39, 0.29) is 6.03 Å². The molecule has 1 aromatic heterocycles. The number of likely N-dealkylation sites (N-methyl/N-ethyl adjacent to an activating group) is 1. The first kappa shape index (κ1) is 16.0. The molecule has 2 aromatic rings.